The molecule has 35 nitrogen and oxygen atoms in total. The highest BCUT2D eigenvalue weighted by Crippen LogP contribution is 2.41. The molecule has 19 atom stereocenters. The molecule has 0 aromatic heterocycles. The van der Waals surface area contributed by atoms with E-state index in [0.717, 1.165) is 34.6 Å². The van der Waals surface area contributed by atoms with Gasteiger partial charge in [0.2, 0.25) is 0 Å². The first kappa shape index (κ1) is 59.0. The van der Waals surface area contributed by atoms with Gasteiger partial charge in [0, 0.05) is 64.1 Å². The third-order valence-electron chi connectivity index (χ3n) is 11.6. The molecule has 3 aliphatic heterocycles. The molecule has 408 valence electrons. The number of rotatable bonds is 23. The average Bonchev–Trinajstić information content (AvgIpc) is 3.70. The summed E-state index contributed by atoms with van der Waals surface area (Å²) >= 11 is 0. The van der Waals surface area contributed by atoms with Crippen LogP contribution in [0, 0.1) is 0 Å². The van der Waals surface area contributed by atoms with E-state index >= 15 is 4.39 Å². The van der Waals surface area contributed by atoms with Gasteiger partial charge in [-0.25, -0.2) is 4.39 Å². The Bertz CT molecular complexity index is 2540. The molecule has 0 spiro atoms. The van der Waals surface area contributed by atoms with Crippen LogP contribution in [0.3, 0.4) is 0 Å². The topological polar surface area (TPSA) is 489 Å². The van der Waals surface area contributed by atoms with Gasteiger partial charge in [-0.1, -0.05) is 61.0 Å². The zero-order valence-electron chi connectivity index (χ0n) is 40.8. The zero-order chi connectivity index (χ0) is 55.5. The van der Waals surface area contributed by atoms with Gasteiger partial charge in [0.1, 0.15) is 61.5 Å². The average molecular weight is 1070 g/mol. The Labute approximate surface area is 427 Å². The maximum absolute atomic E-state index is 16.9. The Hall–Kier alpha value is -7.92. The summed E-state index contributed by atoms with van der Waals surface area (Å²) in [7, 11) is 0. The van der Waals surface area contributed by atoms with E-state index in [-0.39, 0.29) is 6.61 Å². The highest BCUT2D eigenvalue weighted by molar-refractivity contribution is 5.68. The zero-order valence-corrected chi connectivity index (χ0v) is 40.8. The van der Waals surface area contributed by atoms with Crippen LogP contribution in [0.2, 0.25) is 0 Å². The lowest BCUT2D eigenvalue weighted by Crippen LogP contribution is -2.63. The Kier molecular flexibility index (Phi) is 22.2. The molecule has 4 aliphatic rings. The Morgan fingerprint density at radius 1 is 0.526 bits per heavy atom. The Morgan fingerprint density at radius 3 is 1.55 bits per heavy atom. The van der Waals surface area contributed by atoms with Crippen molar-refractivity contribution >= 4 is 29.8 Å². The molecule has 0 amide bonds. The van der Waals surface area contributed by atoms with Crippen molar-refractivity contribution in [3.05, 3.63) is 98.6 Å². The van der Waals surface area contributed by atoms with Crippen LogP contribution >= 0.6 is 0 Å². The first-order valence-electron chi connectivity index (χ1n) is 22.7. The van der Waals surface area contributed by atoms with Crippen LogP contribution in [-0.4, -0.2) is 166 Å². The molecule has 1 aliphatic carbocycles. The largest absolute Gasteiger partial charge is 0.463 e. The summed E-state index contributed by atoms with van der Waals surface area (Å²) in [5, 5.41) is 21.9. The number of ether oxygens (including phenoxy) is 12. The van der Waals surface area contributed by atoms with Crippen molar-refractivity contribution in [1.82, 2.24) is 0 Å². The van der Waals surface area contributed by atoms with Crippen molar-refractivity contribution in [3.8, 4) is 0 Å². The lowest BCUT2D eigenvalue weighted by atomic mass is 9.83. The third-order valence-corrected chi connectivity index (χ3v) is 11.6. The molecule has 76 heavy (non-hydrogen) atoms. The highest BCUT2D eigenvalue weighted by Gasteiger charge is 2.59. The molecule has 3 saturated heterocycles. The molecule has 1 saturated carbocycles. The van der Waals surface area contributed by atoms with E-state index in [0.29, 0.717) is 5.56 Å². The highest BCUT2D eigenvalue weighted by atomic mass is 19.1. The number of halogens is 1. The van der Waals surface area contributed by atoms with Gasteiger partial charge in [-0.2, -0.15) is 0 Å². The van der Waals surface area contributed by atoms with Crippen LogP contribution in [0.5, 0.6) is 0 Å². The molecule has 36 heteroatoms. The smallest absolute Gasteiger partial charge is 0.303 e. The standard InChI is InChI=1S/C40H49FN18O17/c1-16(60)65-15-26-34(75-39-29(53-59-47)35(69-19(4)63)33(68-18(3)62)25(72-39)13-49-55-43)37(70-20(5)64)40(73-26)76-36-30(67-17(2)61)22(50-56-44)11-23(51-57-45)31(36)74-38-28(52-58-46)27(41)32(24(71-38)12-48-54-42)66-14-21-9-7-6-8-10-21/h6-10,22-40H,11-15H2,1-5H3/t22-,23+,24-,25+,26-,27-,28-,29-,30+,31-,32-,33-,34-,35-,36-,37-,38-,39-,40+/m1/s1. The van der Waals surface area contributed by atoms with Crippen molar-refractivity contribution in [2.75, 3.05) is 19.7 Å². The maximum atomic E-state index is 16.9. The van der Waals surface area contributed by atoms with Gasteiger partial charge in [0.05, 0.1) is 44.0 Å². The van der Waals surface area contributed by atoms with E-state index < -0.39 is 172 Å². The summed E-state index contributed by atoms with van der Waals surface area (Å²) in [6.07, 6.45) is -27.5. The quantitative estimate of drug-likeness (QED) is 0.0443. The van der Waals surface area contributed by atoms with Gasteiger partial charge in [0.25, 0.3) is 0 Å². The number of nitrogens with zero attached hydrogens (tertiary/aromatic N) is 18. The fourth-order valence-electron chi connectivity index (χ4n) is 8.75. The van der Waals surface area contributed by atoms with E-state index in [1.165, 1.54) is 0 Å². The van der Waals surface area contributed by atoms with Crippen molar-refractivity contribution in [1.29, 1.82) is 0 Å². The normalized spacial score (nSPS) is 33.5. The molecule has 5 rings (SSSR count). The lowest BCUT2D eigenvalue weighted by Gasteiger charge is -2.47. The van der Waals surface area contributed by atoms with Crippen LogP contribution in [0.25, 0.3) is 62.7 Å². The van der Waals surface area contributed by atoms with Crippen LogP contribution in [-0.2, 0) is 87.4 Å². The van der Waals surface area contributed by atoms with Crippen LogP contribution in [0.1, 0.15) is 46.6 Å². The summed E-state index contributed by atoms with van der Waals surface area (Å²) in [4.78, 5) is 79.8. The number of carbonyl (C=O) groups is 5. The summed E-state index contributed by atoms with van der Waals surface area (Å²) in [5.74, 6) is -4.87. The number of esters is 5. The summed E-state index contributed by atoms with van der Waals surface area (Å²) in [6.45, 7) is 2.78. The number of hydrogen-bond donors (Lipinski definition) is 0. The van der Waals surface area contributed by atoms with Crippen LogP contribution in [0.15, 0.2) is 61.0 Å². The van der Waals surface area contributed by atoms with Crippen molar-refractivity contribution < 1.29 is 85.2 Å². The molecule has 0 bridgehead atoms. The first-order chi connectivity index (χ1) is 36.5. The van der Waals surface area contributed by atoms with Gasteiger partial charge in [0.15, 0.2) is 37.2 Å². The summed E-state index contributed by atoms with van der Waals surface area (Å²) < 4.78 is 88.0. The van der Waals surface area contributed by atoms with Crippen LogP contribution in [0.4, 0.5) is 4.39 Å². The van der Waals surface area contributed by atoms with E-state index in [2.05, 4.69) is 60.2 Å². The summed E-state index contributed by atoms with van der Waals surface area (Å²) in [5.41, 5.74) is 58.1. The minimum absolute atomic E-state index is 0.191. The van der Waals surface area contributed by atoms with E-state index in [4.69, 9.17) is 56.8 Å². The fraction of sp³-hybridized carbons (Fsp3) is 0.725. The van der Waals surface area contributed by atoms with Gasteiger partial charge < -0.3 is 56.8 Å². The molecular weight excluding hydrogens is 1020 g/mol. The molecule has 0 N–H and O–H groups in total. The summed E-state index contributed by atoms with van der Waals surface area (Å²) in [6, 6.07) is 1.74. The van der Waals surface area contributed by atoms with E-state index in [1.807, 2.05) is 0 Å². The van der Waals surface area contributed by atoms with Crippen molar-refractivity contribution in [2.24, 2.45) is 30.7 Å². The number of carbonyl (C=O) groups excluding carboxylic acids is 5. The SMILES string of the molecule is CC(=O)OC[C@H]1O[C@@H](O[C@@H]2[C@@H](OC(C)=O)[C@H](N=[N+]=[N-])C[C@H](N=[N+]=[N-])[C@H]2O[C@H]2O[C@H](CN=[N+]=[N-])[C@@H](OCc3ccccc3)[C@H](F)[C@H]2N=[N+]=[N-])[C@H](OC(C)=O)[C@@H]1O[C@H]1O[C@@H](CN=[N+]=[N-])[C@@H](OC(C)=O)[C@H](OC(C)=O)[C@H]1N=[N+]=[N-]. The van der Waals surface area contributed by atoms with Crippen LogP contribution < -0.4 is 0 Å². The lowest BCUT2D eigenvalue weighted by molar-refractivity contribution is -0.307. The third kappa shape index (κ3) is 15.6. The molecule has 1 aromatic carbocycles. The Balaban J connectivity index is 1.64. The monoisotopic (exact) mass is 1070 g/mol. The van der Waals surface area contributed by atoms with Gasteiger partial charge in [-0.3, -0.25) is 24.0 Å². The molecular formula is C40H49FN18O17. The first-order valence-corrected chi connectivity index (χ1v) is 22.7. The van der Waals surface area contributed by atoms with E-state index in [1.54, 1.807) is 30.3 Å². The van der Waals surface area contributed by atoms with Crippen molar-refractivity contribution in [2.45, 2.75) is 164 Å². The molecule has 0 radical (unpaired) electrons. The molecule has 0 unspecified atom stereocenters. The minimum atomic E-state index is -2.28. The number of azide groups is 6. The van der Waals surface area contributed by atoms with Gasteiger partial charge in [-0.15, -0.1) is 0 Å². The predicted molar refractivity (Wildman–Crippen MR) is 244 cm³/mol. The van der Waals surface area contributed by atoms with Gasteiger partial charge >= 0.3 is 29.8 Å². The molecule has 1 aromatic rings. The number of alkyl halides is 1. The predicted octanol–water partition coefficient (Wildman–Crippen LogP) is 5.27. The number of hydrogen-bond acceptors (Lipinski definition) is 23. The second-order valence-electron chi connectivity index (χ2n) is 16.7. The minimum Gasteiger partial charge on any atom is -0.463 e. The fourth-order valence-corrected chi connectivity index (χ4v) is 8.75. The van der Waals surface area contributed by atoms with Crippen molar-refractivity contribution in [3.63, 3.8) is 0 Å². The second kappa shape index (κ2) is 28.7. The molecule has 3 heterocycles. The van der Waals surface area contributed by atoms with E-state index in [9.17, 15) is 57.2 Å². The molecule has 4 fully saturated rings. The maximum Gasteiger partial charge on any atom is 0.303 e. The number of benzene rings is 1. The van der Waals surface area contributed by atoms with Gasteiger partial charge in [-0.05, 0) is 45.2 Å². The Morgan fingerprint density at radius 2 is 1.00 bits per heavy atom. The second-order valence-corrected chi connectivity index (χ2v) is 16.7.